The number of carbonyl (C=O) groups excluding carboxylic acids is 1. The van der Waals surface area contributed by atoms with Gasteiger partial charge in [-0.1, -0.05) is 29.8 Å². The molecular weight excluding hydrogens is 641 g/mol. The molecule has 6 rings (SSSR count). The van der Waals surface area contributed by atoms with Crippen LogP contribution < -0.4 is 24.3 Å². The first-order valence-electron chi connectivity index (χ1n) is 15.3. The van der Waals surface area contributed by atoms with E-state index in [4.69, 9.17) is 35.3 Å². The van der Waals surface area contributed by atoms with Crippen molar-refractivity contribution >= 4 is 17.6 Å². The van der Waals surface area contributed by atoms with Gasteiger partial charge < -0.3 is 28.8 Å². The van der Waals surface area contributed by atoms with Crippen LogP contribution in [0.5, 0.6) is 23.0 Å². The Balaban J connectivity index is 1.29. The molecule has 0 bridgehead atoms. The average Bonchev–Trinajstić information content (AvgIpc) is 3.53. The topological polar surface area (TPSA) is 132 Å². The van der Waals surface area contributed by atoms with E-state index in [2.05, 4.69) is 16.4 Å². The van der Waals surface area contributed by atoms with Gasteiger partial charge in [-0.2, -0.15) is 5.26 Å². The highest BCUT2D eigenvalue weighted by molar-refractivity contribution is 6.32. The van der Waals surface area contributed by atoms with Crippen molar-refractivity contribution in [3.05, 3.63) is 99.6 Å². The third kappa shape index (κ3) is 6.60. The molecule has 2 N–H and O–H groups in total. The first kappa shape index (κ1) is 33.0. The number of hydrogen-bond acceptors (Lipinski definition) is 10. The molecule has 12 heteroatoms. The van der Waals surface area contributed by atoms with Crippen molar-refractivity contribution in [2.45, 2.75) is 44.6 Å². The molecule has 0 fully saturated rings. The smallest absolute Gasteiger partial charge is 0.328 e. The van der Waals surface area contributed by atoms with Gasteiger partial charge in [0.25, 0.3) is 0 Å². The number of aromatic nitrogens is 1. The second kappa shape index (κ2) is 14.1. The van der Waals surface area contributed by atoms with Gasteiger partial charge in [0.15, 0.2) is 17.3 Å². The number of carbonyl (C=O) groups is 1. The Labute approximate surface area is 281 Å². The van der Waals surface area contributed by atoms with E-state index < -0.39 is 23.9 Å². The number of nitrogens with one attached hydrogen (secondary N) is 1. The SMILES string of the molecule is COC(=O)[C@](C)(CO)NCc1cc(Cl)c(O[C@H]2CCc3c(-c4ccc5c(c4F)OCCO5)cccc32)cc1OCc1cncc(C#N)c1. The average molecular weight is 674 g/mol. The normalized spacial score (nSPS) is 16.0. The Morgan fingerprint density at radius 1 is 1.17 bits per heavy atom. The number of halogens is 2. The van der Waals surface area contributed by atoms with Crippen molar-refractivity contribution in [1.29, 1.82) is 5.26 Å². The van der Waals surface area contributed by atoms with Crippen LogP contribution in [0.4, 0.5) is 4.39 Å². The van der Waals surface area contributed by atoms with Crippen LogP contribution in [0.1, 0.15) is 47.3 Å². The number of rotatable bonds is 11. The molecule has 0 saturated carbocycles. The molecular formula is C36H33ClFN3O7. The van der Waals surface area contributed by atoms with E-state index in [1.807, 2.05) is 18.2 Å². The summed E-state index contributed by atoms with van der Waals surface area (Å²) < 4.78 is 44.3. The Bertz CT molecular complexity index is 1900. The molecule has 0 radical (unpaired) electrons. The van der Waals surface area contributed by atoms with Crippen LogP contribution in [0.15, 0.2) is 60.9 Å². The lowest BCUT2D eigenvalue weighted by Gasteiger charge is -2.26. The van der Waals surface area contributed by atoms with Crippen LogP contribution in [0.3, 0.4) is 0 Å². The predicted octanol–water partition coefficient (Wildman–Crippen LogP) is 5.84. The fourth-order valence-electron chi connectivity index (χ4n) is 5.87. The van der Waals surface area contributed by atoms with E-state index in [1.54, 1.807) is 36.5 Å². The number of nitrogens with zero attached hydrogens (tertiary/aromatic N) is 2. The zero-order chi connectivity index (χ0) is 33.8. The minimum absolute atomic E-state index is 0.0849. The van der Waals surface area contributed by atoms with Gasteiger partial charge in [-0.05, 0) is 60.7 Å². The van der Waals surface area contributed by atoms with Gasteiger partial charge in [-0.15, -0.1) is 0 Å². The van der Waals surface area contributed by atoms with Crippen molar-refractivity contribution in [3.63, 3.8) is 0 Å². The monoisotopic (exact) mass is 673 g/mol. The summed E-state index contributed by atoms with van der Waals surface area (Å²) in [6.45, 7) is 1.86. The summed E-state index contributed by atoms with van der Waals surface area (Å²) in [4.78, 5) is 16.5. The number of nitriles is 1. The number of pyridine rings is 1. The molecule has 2 aliphatic rings. The molecule has 10 nitrogen and oxygen atoms in total. The molecule has 0 saturated heterocycles. The third-order valence-corrected chi connectivity index (χ3v) is 8.77. The predicted molar refractivity (Wildman–Crippen MR) is 174 cm³/mol. The number of aliphatic hydroxyl groups is 1. The van der Waals surface area contributed by atoms with E-state index in [0.29, 0.717) is 64.0 Å². The highest BCUT2D eigenvalue weighted by Gasteiger charge is 2.34. The number of hydrogen-bond donors (Lipinski definition) is 2. The zero-order valence-corrected chi connectivity index (χ0v) is 27.1. The van der Waals surface area contributed by atoms with E-state index >= 15 is 4.39 Å². The van der Waals surface area contributed by atoms with Gasteiger partial charge in [0, 0.05) is 41.7 Å². The van der Waals surface area contributed by atoms with Crippen LogP contribution in [-0.2, 0) is 29.1 Å². The third-order valence-electron chi connectivity index (χ3n) is 8.48. The molecule has 2 heterocycles. The fraction of sp³-hybridized carbons (Fsp3) is 0.306. The number of benzene rings is 3. The molecule has 48 heavy (non-hydrogen) atoms. The summed E-state index contributed by atoms with van der Waals surface area (Å²) in [5, 5.41) is 22.6. The van der Waals surface area contributed by atoms with Gasteiger partial charge in [0.1, 0.15) is 49.0 Å². The van der Waals surface area contributed by atoms with E-state index in [-0.39, 0.29) is 31.6 Å². The van der Waals surface area contributed by atoms with Gasteiger partial charge in [0.2, 0.25) is 0 Å². The Morgan fingerprint density at radius 2 is 2.00 bits per heavy atom. The van der Waals surface area contributed by atoms with Crippen molar-refractivity contribution in [2.24, 2.45) is 0 Å². The molecule has 1 aromatic heterocycles. The molecule has 1 aliphatic carbocycles. The van der Waals surface area contributed by atoms with E-state index in [1.165, 1.54) is 20.2 Å². The zero-order valence-electron chi connectivity index (χ0n) is 26.3. The highest BCUT2D eigenvalue weighted by Crippen LogP contribution is 2.45. The van der Waals surface area contributed by atoms with Gasteiger partial charge in [-0.3, -0.25) is 10.3 Å². The maximum atomic E-state index is 15.6. The lowest BCUT2D eigenvalue weighted by atomic mass is 9.96. The van der Waals surface area contributed by atoms with Gasteiger partial charge >= 0.3 is 5.97 Å². The maximum absolute atomic E-state index is 15.6. The van der Waals surface area contributed by atoms with E-state index in [9.17, 15) is 15.2 Å². The highest BCUT2D eigenvalue weighted by atomic mass is 35.5. The standard InChI is InChI=1S/C36H33ClFN3O7/c1-36(20-42,35(43)44-2)41-18-23-13-28(37)32(14-31(23)47-19-22-12-21(15-39)16-40-17-22)48-29-8-6-25-24(4-3-5-26(25)29)27-7-9-30-34(33(27)38)46-11-10-45-30/h3-5,7,9,12-14,16-17,29,41-42H,6,8,10-11,18-20H2,1-2H3/t29-,36-/m0/s1. The Kier molecular flexibility index (Phi) is 9.68. The van der Waals surface area contributed by atoms with Crippen LogP contribution >= 0.6 is 11.6 Å². The summed E-state index contributed by atoms with van der Waals surface area (Å²) in [6, 6.07) is 16.3. The van der Waals surface area contributed by atoms with Crippen LogP contribution in [0.2, 0.25) is 5.02 Å². The molecule has 2 atom stereocenters. The van der Waals surface area contributed by atoms with Crippen molar-refractivity contribution in [3.8, 4) is 40.2 Å². The van der Waals surface area contributed by atoms with E-state index in [0.717, 1.165) is 16.7 Å². The minimum Gasteiger partial charge on any atom is -0.488 e. The number of aliphatic hydroxyl groups excluding tert-OH is 1. The number of ether oxygens (including phenoxy) is 5. The molecule has 248 valence electrons. The first-order valence-corrected chi connectivity index (χ1v) is 15.7. The molecule has 1 aliphatic heterocycles. The van der Waals surface area contributed by atoms with Gasteiger partial charge in [0.05, 0.1) is 24.3 Å². The molecule has 3 aromatic carbocycles. The van der Waals surface area contributed by atoms with Crippen molar-refractivity contribution in [2.75, 3.05) is 26.9 Å². The minimum atomic E-state index is -1.37. The summed E-state index contributed by atoms with van der Waals surface area (Å²) in [5.41, 5.74) is 3.36. The molecule has 0 amide bonds. The van der Waals surface area contributed by atoms with Crippen LogP contribution in [0, 0.1) is 17.1 Å². The number of esters is 1. The first-order chi connectivity index (χ1) is 23.2. The Hall–Kier alpha value is -4.89. The Morgan fingerprint density at radius 3 is 2.79 bits per heavy atom. The summed E-state index contributed by atoms with van der Waals surface area (Å²) in [7, 11) is 1.25. The summed E-state index contributed by atoms with van der Waals surface area (Å²) in [5.74, 6) is 0.193. The second-order valence-electron chi connectivity index (χ2n) is 11.7. The maximum Gasteiger partial charge on any atom is 0.328 e. The van der Waals surface area contributed by atoms with Gasteiger partial charge in [-0.25, -0.2) is 9.18 Å². The number of fused-ring (bicyclic) bond motifs is 2. The van der Waals surface area contributed by atoms with Crippen LogP contribution in [-0.4, -0.2) is 48.5 Å². The largest absolute Gasteiger partial charge is 0.488 e. The van der Waals surface area contributed by atoms with Crippen molar-refractivity contribution in [1.82, 2.24) is 10.3 Å². The summed E-state index contributed by atoms with van der Waals surface area (Å²) >= 11 is 6.78. The molecule has 4 aromatic rings. The lowest BCUT2D eigenvalue weighted by Crippen LogP contribution is -2.52. The fourth-order valence-corrected chi connectivity index (χ4v) is 6.10. The second-order valence-corrected chi connectivity index (χ2v) is 12.1. The van der Waals surface area contributed by atoms with Crippen molar-refractivity contribution < 1.29 is 38.0 Å². The van der Waals surface area contributed by atoms with Crippen LogP contribution in [0.25, 0.3) is 11.1 Å². The lowest BCUT2D eigenvalue weighted by molar-refractivity contribution is -0.149. The molecule has 0 spiro atoms. The molecule has 0 unspecified atom stereocenters. The summed E-state index contributed by atoms with van der Waals surface area (Å²) in [6.07, 6.45) is 3.98. The number of methoxy groups -OCH3 is 1. The quantitative estimate of drug-likeness (QED) is 0.187.